The summed E-state index contributed by atoms with van der Waals surface area (Å²) in [7, 11) is 0. The van der Waals surface area contributed by atoms with Crippen LogP contribution in [0.3, 0.4) is 0 Å². The molecule has 0 aliphatic heterocycles. The van der Waals surface area contributed by atoms with Crippen LogP contribution in [0.15, 0.2) is 42.5 Å². The van der Waals surface area contributed by atoms with Gasteiger partial charge in [-0.25, -0.2) is 0 Å². The van der Waals surface area contributed by atoms with E-state index in [0.717, 1.165) is 23.6 Å². The highest BCUT2D eigenvalue weighted by atomic mass is 35.5. The summed E-state index contributed by atoms with van der Waals surface area (Å²) in [6.45, 7) is 7.29. The Bertz CT molecular complexity index is 577. The minimum Gasteiger partial charge on any atom is -0.310 e. The van der Waals surface area contributed by atoms with Crippen LogP contribution in [0.2, 0.25) is 5.02 Å². The average Bonchev–Trinajstić information content (AvgIpc) is 2.44. The van der Waals surface area contributed by atoms with Crippen molar-refractivity contribution in [3.05, 3.63) is 69.7 Å². The summed E-state index contributed by atoms with van der Waals surface area (Å²) in [5.74, 6) is 0. The second-order valence-electron chi connectivity index (χ2n) is 5.25. The average molecular weight is 288 g/mol. The second-order valence-corrected chi connectivity index (χ2v) is 5.66. The minimum atomic E-state index is 0.305. The van der Waals surface area contributed by atoms with Crippen molar-refractivity contribution in [2.75, 3.05) is 6.54 Å². The summed E-state index contributed by atoms with van der Waals surface area (Å²) in [6.07, 6.45) is 0.986. The molecule has 0 aliphatic carbocycles. The molecule has 1 nitrogen and oxygen atoms in total. The lowest BCUT2D eigenvalue weighted by Gasteiger charge is -2.20. The topological polar surface area (TPSA) is 12.0 Å². The Morgan fingerprint density at radius 3 is 2.45 bits per heavy atom. The van der Waals surface area contributed by atoms with Crippen molar-refractivity contribution in [2.45, 2.75) is 33.2 Å². The van der Waals surface area contributed by atoms with Crippen molar-refractivity contribution in [3.63, 3.8) is 0 Å². The van der Waals surface area contributed by atoms with E-state index in [4.69, 9.17) is 11.6 Å². The predicted molar refractivity (Wildman–Crippen MR) is 87.5 cm³/mol. The highest BCUT2D eigenvalue weighted by molar-refractivity contribution is 6.31. The predicted octanol–water partition coefficient (Wildman–Crippen LogP) is 4.85. The van der Waals surface area contributed by atoms with Gasteiger partial charge in [-0.3, -0.25) is 0 Å². The molecule has 1 atom stereocenters. The molecule has 106 valence electrons. The summed E-state index contributed by atoms with van der Waals surface area (Å²) in [5, 5.41) is 4.41. The monoisotopic (exact) mass is 287 g/mol. The molecule has 0 radical (unpaired) electrons. The molecule has 0 amide bonds. The molecule has 0 fully saturated rings. The van der Waals surface area contributed by atoms with Crippen LogP contribution < -0.4 is 5.32 Å². The summed E-state index contributed by atoms with van der Waals surface area (Å²) in [5.41, 5.74) is 5.11. The van der Waals surface area contributed by atoms with E-state index in [9.17, 15) is 0 Å². The lowest BCUT2D eigenvalue weighted by molar-refractivity contribution is 0.549. The summed E-state index contributed by atoms with van der Waals surface area (Å²) >= 11 is 6.26. The number of likely N-dealkylation sites (N-methyl/N-ethyl adjacent to an activating group) is 1. The molecule has 0 bridgehead atoms. The van der Waals surface area contributed by atoms with Gasteiger partial charge in [0.05, 0.1) is 0 Å². The first-order chi connectivity index (χ1) is 9.61. The highest BCUT2D eigenvalue weighted by Gasteiger charge is 2.13. The Labute approximate surface area is 127 Å². The van der Waals surface area contributed by atoms with Crippen molar-refractivity contribution >= 4 is 11.6 Å². The molecule has 0 heterocycles. The van der Waals surface area contributed by atoms with Gasteiger partial charge in [0.1, 0.15) is 0 Å². The third kappa shape index (κ3) is 3.62. The number of halogens is 1. The molecule has 2 rings (SSSR count). The van der Waals surface area contributed by atoms with E-state index >= 15 is 0 Å². The largest absolute Gasteiger partial charge is 0.310 e. The Balaban J connectivity index is 2.27. The Morgan fingerprint density at radius 1 is 1.05 bits per heavy atom. The van der Waals surface area contributed by atoms with Gasteiger partial charge in [-0.15, -0.1) is 0 Å². The SMILES string of the molecule is CCNC(Cc1ccccc1C)c1ccc(C)c(Cl)c1. The standard InChI is InChI=1S/C18H22ClN/c1-4-20-18(12-15-8-6-5-7-13(15)2)16-10-9-14(3)17(19)11-16/h5-11,18,20H,4,12H2,1-3H3. The fourth-order valence-electron chi connectivity index (χ4n) is 2.44. The maximum absolute atomic E-state index is 6.26. The molecule has 0 saturated carbocycles. The first kappa shape index (κ1) is 15.1. The maximum Gasteiger partial charge on any atom is 0.0438 e. The van der Waals surface area contributed by atoms with Crippen LogP contribution in [0.5, 0.6) is 0 Å². The first-order valence-corrected chi connectivity index (χ1v) is 7.53. The summed E-state index contributed by atoms with van der Waals surface area (Å²) < 4.78 is 0. The van der Waals surface area contributed by atoms with Gasteiger partial charge < -0.3 is 5.32 Å². The van der Waals surface area contributed by atoms with Crippen molar-refractivity contribution < 1.29 is 0 Å². The van der Waals surface area contributed by atoms with Gasteiger partial charge in [0.15, 0.2) is 0 Å². The van der Waals surface area contributed by atoms with Gasteiger partial charge in [-0.1, -0.05) is 54.9 Å². The zero-order chi connectivity index (χ0) is 14.5. The Kier molecular flexibility index (Phi) is 5.22. The van der Waals surface area contributed by atoms with Crippen LogP contribution in [0.25, 0.3) is 0 Å². The molecule has 1 N–H and O–H groups in total. The van der Waals surface area contributed by atoms with E-state index in [2.05, 4.69) is 61.6 Å². The quantitative estimate of drug-likeness (QED) is 0.829. The molecule has 0 aromatic heterocycles. The molecule has 2 aromatic carbocycles. The molecule has 1 unspecified atom stereocenters. The number of rotatable bonds is 5. The van der Waals surface area contributed by atoms with E-state index in [1.165, 1.54) is 16.7 Å². The van der Waals surface area contributed by atoms with Gasteiger partial charge >= 0.3 is 0 Å². The lowest BCUT2D eigenvalue weighted by Crippen LogP contribution is -2.23. The van der Waals surface area contributed by atoms with Crippen LogP contribution in [0.4, 0.5) is 0 Å². The van der Waals surface area contributed by atoms with Gasteiger partial charge in [0.25, 0.3) is 0 Å². The van der Waals surface area contributed by atoms with Crippen LogP contribution in [0, 0.1) is 13.8 Å². The first-order valence-electron chi connectivity index (χ1n) is 7.15. The van der Waals surface area contributed by atoms with E-state index in [-0.39, 0.29) is 0 Å². The lowest BCUT2D eigenvalue weighted by atomic mass is 9.95. The molecule has 2 heteroatoms. The van der Waals surface area contributed by atoms with Crippen molar-refractivity contribution in [1.82, 2.24) is 5.32 Å². The zero-order valence-corrected chi connectivity index (χ0v) is 13.2. The number of hydrogen-bond donors (Lipinski definition) is 1. The van der Waals surface area contributed by atoms with E-state index in [1.807, 2.05) is 6.92 Å². The van der Waals surface area contributed by atoms with Gasteiger partial charge in [-0.2, -0.15) is 0 Å². The van der Waals surface area contributed by atoms with Gasteiger partial charge in [-0.05, 0) is 55.1 Å². The number of aryl methyl sites for hydroxylation is 2. The third-order valence-corrected chi connectivity index (χ3v) is 4.14. The number of benzene rings is 2. The van der Waals surface area contributed by atoms with E-state index in [1.54, 1.807) is 0 Å². The normalized spacial score (nSPS) is 12.4. The number of nitrogens with one attached hydrogen (secondary N) is 1. The smallest absolute Gasteiger partial charge is 0.0438 e. The van der Waals surface area contributed by atoms with Crippen molar-refractivity contribution in [2.24, 2.45) is 0 Å². The molecular weight excluding hydrogens is 266 g/mol. The summed E-state index contributed by atoms with van der Waals surface area (Å²) in [4.78, 5) is 0. The third-order valence-electron chi connectivity index (χ3n) is 3.73. The maximum atomic E-state index is 6.26. The van der Waals surface area contributed by atoms with Gasteiger partial charge in [0.2, 0.25) is 0 Å². The molecule has 20 heavy (non-hydrogen) atoms. The Morgan fingerprint density at radius 2 is 1.80 bits per heavy atom. The van der Waals surface area contributed by atoms with E-state index in [0.29, 0.717) is 6.04 Å². The minimum absolute atomic E-state index is 0.305. The fourth-order valence-corrected chi connectivity index (χ4v) is 2.63. The molecule has 2 aromatic rings. The van der Waals surface area contributed by atoms with Crippen LogP contribution in [-0.4, -0.2) is 6.54 Å². The highest BCUT2D eigenvalue weighted by Crippen LogP contribution is 2.25. The van der Waals surface area contributed by atoms with Crippen molar-refractivity contribution in [1.29, 1.82) is 0 Å². The molecule has 0 aliphatic rings. The fraction of sp³-hybridized carbons (Fsp3) is 0.333. The molecular formula is C18H22ClN. The number of hydrogen-bond acceptors (Lipinski definition) is 1. The second kappa shape index (κ2) is 6.92. The van der Waals surface area contributed by atoms with E-state index < -0.39 is 0 Å². The summed E-state index contributed by atoms with van der Waals surface area (Å²) in [6, 6.07) is 15.2. The molecule has 0 spiro atoms. The zero-order valence-electron chi connectivity index (χ0n) is 12.4. The van der Waals surface area contributed by atoms with Crippen molar-refractivity contribution in [3.8, 4) is 0 Å². The van der Waals surface area contributed by atoms with Crippen LogP contribution in [-0.2, 0) is 6.42 Å². The molecule has 0 saturated heterocycles. The van der Waals surface area contributed by atoms with Crippen LogP contribution >= 0.6 is 11.6 Å². The Hall–Kier alpha value is -1.31. The van der Waals surface area contributed by atoms with Crippen LogP contribution in [0.1, 0.15) is 35.2 Å². The van der Waals surface area contributed by atoms with Gasteiger partial charge in [0, 0.05) is 11.1 Å².